The van der Waals surface area contributed by atoms with Crippen molar-refractivity contribution in [3.63, 3.8) is 0 Å². The summed E-state index contributed by atoms with van der Waals surface area (Å²) < 4.78 is 9.82. The Hall–Kier alpha value is -1.18. The fraction of sp³-hybridized carbons (Fsp3) is 0.714. The van der Waals surface area contributed by atoms with Gasteiger partial charge in [-0.05, 0) is 0 Å². The second-order valence-electron chi connectivity index (χ2n) is 2.51. The molecule has 0 saturated carbocycles. The molecule has 0 atom stereocenters. The van der Waals surface area contributed by atoms with Crippen LogP contribution in [0.3, 0.4) is 0 Å². The minimum Gasteiger partial charge on any atom is -0.491 e. The van der Waals surface area contributed by atoms with Crippen LogP contribution in [0.15, 0.2) is 11.8 Å². The van der Waals surface area contributed by atoms with E-state index in [4.69, 9.17) is 31.3 Å². The standard InChI is InChI=1S/C7H17N3O4/c1-13-4-5-14-3-2-10(9)7(12)6(8)11/h11-12H,2-5,8-9H2,1H3/b7-6-. The van der Waals surface area contributed by atoms with Gasteiger partial charge in [0, 0.05) is 7.11 Å². The zero-order chi connectivity index (χ0) is 11.0. The third-order valence-corrected chi connectivity index (χ3v) is 1.41. The lowest BCUT2D eigenvalue weighted by Gasteiger charge is -2.16. The number of nitrogens with two attached hydrogens (primary N) is 2. The number of hydrogen-bond donors (Lipinski definition) is 4. The van der Waals surface area contributed by atoms with Crippen molar-refractivity contribution in [2.75, 3.05) is 33.5 Å². The Balaban J connectivity index is 3.54. The monoisotopic (exact) mass is 207 g/mol. The summed E-state index contributed by atoms with van der Waals surface area (Å²) in [6, 6.07) is 0. The summed E-state index contributed by atoms with van der Waals surface area (Å²) in [5.74, 6) is 4.02. The highest BCUT2D eigenvalue weighted by molar-refractivity contribution is 4.90. The fourth-order valence-corrected chi connectivity index (χ4v) is 0.660. The summed E-state index contributed by atoms with van der Waals surface area (Å²) in [5.41, 5.74) is 4.89. The molecule has 6 N–H and O–H groups in total. The molecule has 0 unspecified atom stereocenters. The molecule has 7 heteroatoms. The molecular formula is C7H17N3O4. The largest absolute Gasteiger partial charge is 0.491 e. The second kappa shape index (κ2) is 7.25. The zero-order valence-corrected chi connectivity index (χ0v) is 8.14. The summed E-state index contributed by atoms with van der Waals surface area (Å²) in [4.78, 5) is 0. The van der Waals surface area contributed by atoms with Gasteiger partial charge in [-0.1, -0.05) is 0 Å². The molecule has 0 aliphatic heterocycles. The molecule has 0 aromatic heterocycles. The molecule has 0 fully saturated rings. The van der Waals surface area contributed by atoms with Crippen LogP contribution in [0.4, 0.5) is 0 Å². The number of nitrogens with zero attached hydrogens (tertiary/aromatic N) is 1. The SMILES string of the molecule is COCCOCCN(N)/C(O)=C(\N)O. The molecule has 0 aromatic rings. The van der Waals surface area contributed by atoms with Crippen molar-refractivity contribution in [2.45, 2.75) is 0 Å². The maximum Gasteiger partial charge on any atom is 0.263 e. The first-order chi connectivity index (χ1) is 6.59. The molecule has 84 valence electrons. The molecule has 7 nitrogen and oxygen atoms in total. The molecular weight excluding hydrogens is 190 g/mol. The lowest BCUT2D eigenvalue weighted by molar-refractivity contribution is 0.0524. The molecule has 0 aromatic carbocycles. The average Bonchev–Trinajstić information content (AvgIpc) is 2.16. The van der Waals surface area contributed by atoms with E-state index in [9.17, 15) is 0 Å². The normalized spacial score (nSPS) is 12.4. The number of aliphatic hydroxyl groups excluding tert-OH is 2. The van der Waals surface area contributed by atoms with E-state index >= 15 is 0 Å². The topological polar surface area (TPSA) is 114 Å². The Bertz CT molecular complexity index is 182. The van der Waals surface area contributed by atoms with Crippen LogP contribution in [-0.2, 0) is 9.47 Å². The highest BCUT2D eigenvalue weighted by atomic mass is 16.5. The van der Waals surface area contributed by atoms with Crippen LogP contribution in [0.2, 0.25) is 0 Å². The van der Waals surface area contributed by atoms with Gasteiger partial charge in [0.15, 0.2) is 0 Å². The first-order valence-electron chi connectivity index (χ1n) is 4.06. The van der Waals surface area contributed by atoms with Crippen molar-refractivity contribution in [1.29, 1.82) is 0 Å². The van der Waals surface area contributed by atoms with Gasteiger partial charge in [-0.3, -0.25) is 5.01 Å². The van der Waals surface area contributed by atoms with Crippen LogP contribution in [0.1, 0.15) is 0 Å². The summed E-state index contributed by atoms with van der Waals surface area (Å²) in [6.07, 6.45) is 0. The van der Waals surface area contributed by atoms with Gasteiger partial charge in [-0.15, -0.1) is 0 Å². The average molecular weight is 207 g/mol. The van der Waals surface area contributed by atoms with Gasteiger partial charge in [0.25, 0.3) is 5.88 Å². The predicted molar refractivity (Wildman–Crippen MR) is 50.1 cm³/mol. The van der Waals surface area contributed by atoms with Gasteiger partial charge >= 0.3 is 0 Å². The summed E-state index contributed by atoms with van der Waals surface area (Å²) in [5, 5.41) is 18.6. The molecule has 0 bridgehead atoms. The van der Waals surface area contributed by atoms with Gasteiger partial charge < -0.3 is 25.4 Å². The first kappa shape index (κ1) is 12.8. The first-order valence-corrected chi connectivity index (χ1v) is 4.06. The number of rotatable bonds is 7. The van der Waals surface area contributed by atoms with E-state index in [-0.39, 0.29) is 6.54 Å². The number of hydrazine groups is 1. The number of ether oxygens (including phenoxy) is 2. The molecule has 0 aliphatic carbocycles. The third kappa shape index (κ3) is 5.46. The predicted octanol–water partition coefficient (Wildman–Crippen LogP) is -0.974. The number of aliphatic hydroxyl groups is 2. The van der Waals surface area contributed by atoms with Gasteiger partial charge in [0.2, 0.25) is 5.88 Å². The van der Waals surface area contributed by atoms with Crippen LogP contribution in [0, 0.1) is 0 Å². The third-order valence-electron chi connectivity index (χ3n) is 1.41. The highest BCUT2D eigenvalue weighted by Crippen LogP contribution is 1.94. The van der Waals surface area contributed by atoms with E-state index in [1.54, 1.807) is 7.11 Å². The Morgan fingerprint density at radius 2 is 1.93 bits per heavy atom. The van der Waals surface area contributed by atoms with Crippen molar-refractivity contribution in [2.24, 2.45) is 11.6 Å². The molecule has 0 heterocycles. The number of methoxy groups -OCH3 is 1. The second-order valence-corrected chi connectivity index (χ2v) is 2.51. The molecule has 0 aliphatic rings. The van der Waals surface area contributed by atoms with E-state index in [2.05, 4.69) is 0 Å². The van der Waals surface area contributed by atoms with E-state index in [0.717, 1.165) is 5.01 Å². The fourth-order valence-electron chi connectivity index (χ4n) is 0.660. The molecule has 0 radical (unpaired) electrons. The number of hydrogen-bond acceptors (Lipinski definition) is 7. The Morgan fingerprint density at radius 1 is 1.29 bits per heavy atom. The molecule has 0 saturated heterocycles. The molecule has 0 rings (SSSR count). The maximum absolute atomic E-state index is 9.02. The van der Waals surface area contributed by atoms with Crippen LogP contribution in [0.5, 0.6) is 0 Å². The van der Waals surface area contributed by atoms with E-state index in [0.29, 0.717) is 19.8 Å². The molecule has 0 spiro atoms. The quantitative estimate of drug-likeness (QED) is 0.184. The van der Waals surface area contributed by atoms with Crippen LogP contribution >= 0.6 is 0 Å². The van der Waals surface area contributed by atoms with Crippen molar-refractivity contribution in [3.8, 4) is 0 Å². The van der Waals surface area contributed by atoms with Gasteiger partial charge in [0.1, 0.15) is 0 Å². The Labute approximate surface area is 82.5 Å². The van der Waals surface area contributed by atoms with Crippen molar-refractivity contribution in [3.05, 3.63) is 11.8 Å². The maximum atomic E-state index is 9.02. The summed E-state index contributed by atoms with van der Waals surface area (Å²) in [7, 11) is 1.57. The van der Waals surface area contributed by atoms with Gasteiger partial charge in [-0.2, -0.15) is 0 Å². The van der Waals surface area contributed by atoms with Crippen LogP contribution in [-0.4, -0.2) is 48.7 Å². The van der Waals surface area contributed by atoms with E-state index in [1.165, 1.54) is 0 Å². The summed E-state index contributed by atoms with van der Waals surface area (Å²) >= 11 is 0. The van der Waals surface area contributed by atoms with Crippen molar-refractivity contribution >= 4 is 0 Å². The zero-order valence-electron chi connectivity index (χ0n) is 8.14. The molecule has 0 amide bonds. The lowest BCUT2D eigenvalue weighted by atomic mass is 10.6. The van der Waals surface area contributed by atoms with Crippen LogP contribution in [0.25, 0.3) is 0 Å². The van der Waals surface area contributed by atoms with Gasteiger partial charge in [-0.25, -0.2) is 5.84 Å². The molecule has 14 heavy (non-hydrogen) atoms. The van der Waals surface area contributed by atoms with Crippen LogP contribution < -0.4 is 11.6 Å². The minimum absolute atomic E-state index is 0.219. The Morgan fingerprint density at radius 3 is 2.43 bits per heavy atom. The van der Waals surface area contributed by atoms with Gasteiger partial charge in [0.05, 0.1) is 26.4 Å². The minimum atomic E-state index is -0.718. The summed E-state index contributed by atoms with van der Waals surface area (Å²) in [6.45, 7) is 1.46. The van der Waals surface area contributed by atoms with E-state index < -0.39 is 11.8 Å². The Kier molecular flexibility index (Phi) is 6.63. The van der Waals surface area contributed by atoms with Crippen molar-refractivity contribution in [1.82, 2.24) is 5.01 Å². The lowest BCUT2D eigenvalue weighted by Crippen LogP contribution is -2.35. The smallest absolute Gasteiger partial charge is 0.263 e. The van der Waals surface area contributed by atoms with E-state index in [1.807, 2.05) is 0 Å². The highest BCUT2D eigenvalue weighted by Gasteiger charge is 2.06. The van der Waals surface area contributed by atoms with Crippen molar-refractivity contribution < 1.29 is 19.7 Å².